The topological polar surface area (TPSA) is 50.4 Å². The first-order chi connectivity index (χ1) is 10.9. The second kappa shape index (κ2) is 8.01. The summed E-state index contributed by atoms with van der Waals surface area (Å²) in [6.45, 7) is 2.18. The zero-order chi connectivity index (χ0) is 16.7. The van der Waals surface area contributed by atoms with Crippen molar-refractivity contribution in [1.82, 2.24) is 10.6 Å². The molecule has 0 radical (unpaired) electrons. The van der Waals surface area contributed by atoms with E-state index in [9.17, 15) is 18.0 Å². The summed E-state index contributed by atoms with van der Waals surface area (Å²) in [5, 5.41) is 5.97. The van der Waals surface area contributed by atoms with Crippen molar-refractivity contribution in [1.29, 1.82) is 0 Å². The second-order valence-electron chi connectivity index (χ2n) is 5.25. The maximum Gasteiger partial charge on any atom is 0.573 e. The van der Waals surface area contributed by atoms with Crippen LogP contribution in [-0.2, 0) is 11.2 Å². The molecule has 0 saturated heterocycles. The third-order valence-corrected chi connectivity index (χ3v) is 3.49. The minimum Gasteiger partial charge on any atom is -0.406 e. The van der Waals surface area contributed by atoms with Gasteiger partial charge in [0, 0.05) is 19.5 Å². The van der Waals surface area contributed by atoms with Crippen molar-refractivity contribution in [3.05, 3.63) is 41.5 Å². The van der Waals surface area contributed by atoms with Crippen molar-refractivity contribution in [2.45, 2.75) is 25.6 Å². The summed E-state index contributed by atoms with van der Waals surface area (Å²) < 4.78 is 41.0. The molecule has 0 aromatic heterocycles. The fraction of sp³-hybridized carbons (Fsp3) is 0.438. The van der Waals surface area contributed by atoms with Crippen LogP contribution in [0, 0.1) is 0 Å². The Labute approximate surface area is 132 Å². The van der Waals surface area contributed by atoms with Gasteiger partial charge in [-0.3, -0.25) is 4.79 Å². The lowest BCUT2D eigenvalue weighted by atomic mass is 10.1. The van der Waals surface area contributed by atoms with E-state index in [0.717, 1.165) is 25.1 Å². The van der Waals surface area contributed by atoms with E-state index in [2.05, 4.69) is 15.4 Å². The molecule has 1 aliphatic rings. The van der Waals surface area contributed by atoms with Gasteiger partial charge in [-0.2, -0.15) is 0 Å². The molecule has 0 atom stereocenters. The monoisotopic (exact) mass is 328 g/mol. The Morgan fingerprint density at radius 3 is 2.78 bits per heavy atom. The van der Waals surface area contributed by atoms with Crippen LogP contribution in [0.15, 0.2) is 35.9 Å². The Kier molecular flexibility index (Phi) is 6.04. The van der Waals surface area contributed by atoms with Crippen molar-refractivity contribution in [3.8, 4) is 5.75 Å². The summed E-state index contributed by atoms with van der Waals surface area (Å²) in [5.41, 5.74) is 1.53. The van der Waals surface area contributed by atoms with Crippen LogP contribution in [0.2, 0.25) is 0 Å². The van der Waals surface area contributed by atoms with Gasteiger partial charge in [0.15, 0.2) is 0 Å². The molecule has 1 aromatic carbocycles. The number of para-hydroxylation sites is 1. The van der Waals surface area contributed by atoms with Crippen LogP contribution in [0.3, 0.4) is 0 Å². The molecule has 2 N–H and O–H groups in total. The van der Waals surface area contributed by atoms with Gasteiger partial charge in [0.2, 0.25) is 5.91 Å². The zero-order valence-corrected chi connectivity index (χ0v) is 12.6. The Bertz CT molecular complexity index is 571. The van der Waals surface area contributed by atoms with Crippen molar-refractivity contribution in [3.63, 3.8) is 0 Å². The van der Waals surface area contributed by atoms with Crippen molar-refractivity contribution in [2.24, 2.45) is 0 Å². The molecule has 126 valence electrons. The Hall–Kier alpha value is -2.02. The Balaban J connectivity index is 1.83. The van der Waals surface area contributed by atoms with Gasteiger partial charge in [-0.05, 0) is 31.0 Å². The smallest absolute Gasteiger partial charge is 0.406 e. The summed E-state index contributed by atoms with van der Waals surface area (Å²) in [6, 6.07) is 5.87. The van der Waals surface area contributed by atoms with E-state index in [1.165, 1.54) is 18.2 Å². The van der Waals surface area contributed by atoms with Gasteiger partial charge in [0.1, 0.15) is 5.75 Å². The van der Waals surface area contributed by atoms with E-state index >= 15 is 0 Å². The highest BCUT2D eigenvalue weighted by Gasteiger charge is 2.31. The van der Waals surface area contributed by atoms with Crippen molar-refractivity contribution in [2.75, 3.05) is 19.6 Å². The fourth-order valence-electron chi connectivity index (χ4n) is 2.31. The number of hydrogen-bond donors (Lipinski definition) is 2. The first-order valence-corrected chi connectivity index (χ1v) is 7.43. The number of halogens is 3. The molecule has 0 saturated carbocycles. The SMILES string of the molecule is O=C(CCc1ccccc1OC(F)(F)F)NCC1=CCNCC1. The largest absolute Gasteiger partial charge is 0.573 e. The highest BCUT2D eigenvalue weighted by molar-refractivity contribution is 5.76. The Morgan fingerprint density at radius 2 is 2.09 bits per heavy atom. The first kappa shape index (κ1) is 17.3. The molecule has 0 aliphatic carbocycles. The van der Waals surface area contributed by atoms with E-state index in [0.29, 0.717) is 12.1 Å². The molecular formula is C16H19F3N2O2. The van der Waals surface area contributed by atoms with Gasteiger partial charge in [-0.15, -0.1) is 13.2 Å². The number of rotatable bonds is 6. The van der Waals surface area contributed by atoms with Crippen LogP contribution >= 0.6 is 0 Å². The molecule has 0 bridgehead atoms. The van der Waals surface area contributed by atoms with Crippen LogP contribution in [0.1, 0.15) is 18.4 Å². The van der Waals surface area contributed by atoms with Crippen LogP contribution in [0.5, 0.6) is 5.75 Å². The highest BCUT2D eigenvalue weighted by atomic mass is 19.4. The maximum atomic E-state index is 12.3. The van der Waals surface area contributed by atoms with Gasteiger partial charge >= 0.3 is 6.36 Å². The molecule has 7 heteroatoms. The number of hydrogen-bond acceptors (Lipinski definition) is 3. The average Bonchev–Trinajstić information content (AvgIpc) is 2.51. The van der Waals surface area contributed by atoms with E-state index in [-0.39, 0.29) is 24.5 Å². The van der Waals surface area contributed by atoms with E-state index in [1.807, 2.05) is 6.08 Å². The van der Waals surface area contributed by atoms with Crippen LogP contribution in [0.4, 0.5) is 13.2 Å². The van der Waals surface area contributed by atoms with Crippen molar-refractivity contribution >= 4 is 5.91 Å². The lowest BCUT2D eigenvalue weighted by Gasteiger charge is -2.15. The first-order valence-electron chi connectivity index (χ1n) is 7.43. The fourth-order valence-corrected chi connectivity index (χ4v) is 2.31. The standard InChI is InChI=1S/C16H19F3N2O2/c17-16(18,19)23-14-4-2-1-3-13(14)5-6-15(22)21-11-12-7-9-20-10-8-12/h1-4,7,20H,5-6,8-11H2,(H,21,22). The number of ether oxygens (including phenoxy) is 1. The average molecular weight is 328 g/mol. The second-order valence-corrected chi connectivity index (χ2v) is 5.25. The number of benzene rings is 1. The molecule has 0 spiro atoms. The Morgan fingerprint density at radius 1 is 1.30 bits per heavy atom. The quantitative estimate of drug-likeness (QED) is 0.789. The number of carbonyl (C=O) groups is 1. The molecule has 1 aliphatic heterocycles. The van der Waals surface area contributed by atoms with Gasteiger partial charge in [-0.1, -0.05) is 29.8 Å². The van der Waals surface area contributed by atoms with Gasteiger partial charge in [-0.25, -0.2) is 0 Å². The van der Waals surface area contributed by atoms with Crippen LogP contribution in [0.25, 0.3) is 0 Å². The molecule has 4 nitrogen and oxygen atoms in total. The summed E-state index contributed by atoms with van der Waals surface area (Å²) in [6.07, 6.45) is -1.50. The predicted molar refractivity (Wildman–Crippen MR) is 80.0 cm³/mol. The molecule has 2 rings (SSSR count). The number of nitrogens with one attached hydrogen (secondary N) is 2. The molecule has 23 heavy (non-hydrogen) atoms. The molecule has 1 amide bonds. The van der Waals surface area contributed by atoms with E-state index < -0.39 is 6.36 Å². The lowest BCUT2D eigenvalue weighted by molar-refractivity contribution is -0.274. The third-order valence-electron chi connectivity index (χ3n) is 3.49. The number of aryl methyl sites for hydroxylation is 1. The van der Waals surface area contributed by atoms with Gasteiger partial charge in [0.05, 0.1) is 0 Å². The highest BCUT2D eigenvalue weighted by Crippen LogP contribution is 2.26. The van der Waals surface area contributed by atoms with Crippen LogP contribution < -0.4 is 15.4 Å². The minimum absolute atomic E-state index is 0.115. The molecule has 1 heterocycles. The predicted octanol–water partition coefficient (Wildman–Crippen LogP) is 2.55. The van der Waals surface area contributed by atoms with E-state index in [1.54, 1.807) is 6.07 Å². The van der Waals surface area contributed by atoms with Crippen LogP contribution in [-0.4, -0.2) is 31.9 Å². The molecular weight excluding hydrogens is 309 g/mol. The van der Waals surface area contributed by atoms with Gasteiger partial charge in [0.25, 0.3) is 0 Å². The van der Waals surface area contributed by atoms with E-state index in [4.69, 9.17) is 0 Å². The summed E-state index contributed by atoms with van der Waals surface area (Å²) in [5.74, 6) is -0.444. The van der Waals surface area contributed by atoms with Gasteiger partial charge < -0.3 is 15.4 Å². The maximum absolute atomic E-state index is 12.3. The summed E-state index contributed by atoms with van der Waals surface area (Å²) >= 11 is 0. The summed E-state index contributed by atoms with van der Waals surface area (Å²) in [7, 11) is 0. The zero-order valence-electron chi connectivity index (χ0n) is 12.6. The molecule has 1 aromatic rings. The third kappa shape index (κ3) is 6.32. The molecule has 0 fully saturated rings. The lowest BCUT2D eigenvalue weighted by Crippen LogP contribution is -2.29. The summed E-state index contributed by atoms with van der Waals surface area (Å²) in [4.78, 5) is 11.8. The number of alkyl halides is 3. The molecule has 0 unspecified atom stereocenters. The number of amides is 1. The minimum atomic E-state index is -4.74. The van der Waals surface area contributed by atoms with Crippen molar-refractivity contribution < 1.29 is 22.7 Å². The number of carbonyl (C=O) groups excluding carboxylic acids is 1. The normalized spacial score (nSPS) is 15.0.